The Hall–Kier alpha value is -3.76. The molecule has 1 aliphatic heterocycles. The van der Waals surface area contributed by atoms with Gasteiger partial charge in [-0.2, -0.15) is 0 Å². The molecule has 186 valence electrons. The van der Waals surface area contributed by atoms with Crippen LogP contribution in [0.5, 0.6) is 11.5 Å². The van der Waals surface area contributed by atoms with Crippen LogP contribution in [0, 0.1) is 0 Å². The second-order valence-corrected chi connectivity index (χ2v) is 9.03. The fraction of sp³-hybridized carbons (Fsp3) is 0.200. The second-order valence-electron chi connectivity index (χ2n) is 7.66. The number of rotatable bonds is 8. The lowest BCUT2D eigenvalue weighted by Crippen LogP contribution is -2.41. The summed E-state index contributed by atoms with van der Waals surface area (Å²) in [6, 6.07) is 10.0. The molecule has 2 aromatic carbocycles. The molecule has 9 nitrogen and oxygen atoms in total. The molecule has 2 N–H and O–H groups in total. The number of carbonyl (C=O) groups is 2. The van der Waals surface area contributed by atoms with Crippen molar-refractivity contribution in [3.05, 3.63) is 65.5 Å². The largest absolute Gasteiger partial charge is 0.497 e. The van der Waals surface area contributed by atoms with E-state index in [1.807, 2.05) is 19.1 Å². The van der Waals surface area contributed by atoms with E-state index >= 15 is 0 Å². The van der Waals surface area contributed by atoms with Crippen molar-refractivity contribution >= 4 is 58.2 Å². The lowest BCUT2D eigenvalue weighted by atomic mass is 10.1. The summed E-state index contributed by atoms with van der Waals surface area (Å²) in [5, 5.41) is 6.42. The number of ether oxygens (including phenoxy) is 2. The monoisotopic (exact) mass is 525 g/mol. The highest BCUT2D eigenvalue weighted by Gasteiger charge is 2.33. The lowest BCUT2D eigenvalue weighted by molar-refractivity contribution is -0.113. The minimum atomic E-state index is -0.473. The number of methoxy groups -OCH3 is 2. The standard InChI is InChI=1S/C25H24ClN5O4S/c1-5-15-6-7-16(10-20(15)35-4)30-21(32)12-36-24-22-14(2)29-25(33)31(23(22)27-13-28-24)19-11-17(34-3)8-9-18(19)26/h6-11,13H,2,5,12H2,1,3-4H3,(H,29,33)(H,30,32). The molecule has 0 bridgehead atoms. The molecule has 0 radical (unpaired) electrons. The van der Waals surface area contributed by atoms with Gasteiger partial charge in [-0.3, -0.25) is 4.79 Å². The number of nitrogens with one attached hydrogen (secondary N) is 2. The molecule has 3 amide bonds. The molecule has 11 heteroatoms. The number of aryl methyl sites for hydroxylation is 1. The smallest absolute Gasteiger partial charge is 0.332 e. The minimum absolute atomic E-state index is 0.0719. The maximum atomic E-state index is 12.9. The predicted molar refractivity (Wildman–Crippen MR) is 141 cm³/mol. The molecule has 1 aromatic heterocycles. The number of amides is 3. The van der Waals surface area contributed by atoms with E-state index in [4.69, 9.17) is 21.1 Å². The van der Waals surface area contributed by atoms with Crippen LogP contribution >= 0.6 is 23.4 Å². The minimum Gasteiger partial charge on any atom is -0.497 e. The van der Waals surface area contributed by atoms with Crippen molar-refractivity contribution in [2.45, 2.75) is 18.4 Å². The van der Waals surface area contributed by atoms with Crippen LogP contribution in [-0.2, 0) is 11.2 Å². The van der Waals surface area contributed by atoms with E-state index in [-0.39, 0.29) is 11.7 Å². The highest BCUT2D eigenvalue weighted by molar-refractivity contribution is 8.00. The zero-order chi connectivity index (χ0) is 25.8. The summed E-state index contributed by atoms with van der Waals surface area (Å²) in [7, 11) is 3.12. The van der Waals surface area contributed by atoms with Gasteiger partial charge in [0.2, 0.25) is 5.91 Å². The molecule has 1 aliphatic rings. The Morgan fingerprint density at radius 3 is 2.72 bits per heavy atom. The Morgan fingerprint density at radius 2 is 2.00 bits per heavy atom. The molecular weight excluding hydrogens is 502 g/mol. The van der Waals surface area contributed by atoms with Crippen molar-refractivity contribution in [2.24, 2.45) is 0 Å². The van der Waals surface area contributed by atoms with Gasteiger partial charge < -0.3 is 20.1 Å². The summed E-state index contributed by atoms with van der Waals surface area (Å²) in [5.41, 5.74) is 2.91. The molecular formula is C25H24ClN5O4S. The first kappa shape index (κ1) is 25.3. The van der Waals surface area contributed by atoms with Crippen LogP contribution in [0.4, 0.5) is 22.0 Å². The predicted octanol–water partition coefficient (Wildman–Crippen LogP) is 5.27. The average molecular weight is 526 g/mol. The van der Waals surface area contributed by atoms with Gasteiger partial charge in [0.1, 0.15) is 22.9 Å². The Kier molecular flexibility index (Phi) is 7.66. The molecule has 0 fully saturated rings. The van der Waals surface area contributed by atoms with Gasteiger partial charge in [0.25, 0.3) is 0 Å². The van der Waals surface area contributed by atoms with Crippen molar-refractivity contribution in [3.63, 3.8) is 0 Å². The molecule has 36 heavy (non-hydrogen) atoms. The van der Waals surface area contributed by atoms with E-state index in [0.717, 1.165) is 17.7 Å². The summed E-state index contributed by atoms with van der Waals surface area (Å²) in [5.74, 6) is 1.39. The number of fused-ring (bicyclic) bond motifs is 1. The number of halogens is 1. The van der Waals surface area contributed by atoms with E-state index in [2.05, 4.69) is 27.2 Å². The van der Waals surface area contributed by atoms with E-state index in [0.29, 0.717) is 44.3 Å². The van der Waals surface area contributed by atoms with Gasteiger partial charge in [-0.05, 0) is 30.2 Å². The van der Waals surface area contributed by atoms with Crippen molar-refractivity contribution in [1.82, 2.24) is 15.3 Å². The maximum absolute atomic E-state index is 12.9. The van der Waals surface area contributed by atoms with Crippen LogP contribution in [0.2, 0.25) is 5.02 Å². The zero-order valence-electron chi connectivity index (χ0n) is 19.9. The topological polar surface area (TPSA) is 106 Å². The third-order valence-electron chi connectivity index (χ3n) is 5.45. The second kappa shape index (κ2) is 10.9. The zero-order valence-corrected chi connectivity index (χ0v) is 21.5. The number of thioether (sulfide) groups is 1. The number of hydrogen-bond acceptors (Lipinski definition) is 7. The highest BCUT2D eigenvalue weighted by atomic mass is 35.5. The SMILES string of the molecule is C=C1NC(=O)N(c2cc(OC)ccc2Cl)c2ncnc(SCC(=O)Nc3ccc(CC)c(OC)c3)c21. The van der Waals surface area contributed by atoms with Crippen LogP contribution < -0.4 is 25.0 Å². The van der Waals surface area contributed by atoms with E-state index in [9.17, 15) is 9.59 Å². The van der Waals surface area contributed by atoms with Crippen molar-refractivity contribution in [1.29, 1.82) is 0 Å². The lowest BCUT2D eigenvalue weighted by Gasteiger charge is -2.31. The molecule has 0 atom stereocenters. The number of hydrogen-bond donors (Lipinski definition) is 2. The molecule has 2 heterocycles. The first-order valence-corrected chi connectivity index (χ1v) is 12.3. The molecule has 0 spiro atoms. The van der Waals surface area contributed by atoms with Crippen molar-refractivity contribution in [3.8, 4) is 11.5 Å². The molecule has 0 saturated carbocycles. The number of carbonyl (C=O) groups excluding carboxylic acids is 2. The third kappa shape index (κ3) is 5.09. The molecule has 0 aliphatic carbocycles. The average Bonchev–Trinajstić information content (AvgIpc) is 2.88. The van der Waals surface area contributed by atoms with E-state index < -0.39 is 6.03 Å². The molecule has 3 aromatic rings. The number of anilines is 3. The van der Waals surface area contributed by atoms with Crippen LogP contribution in [0.3, 0.4) is 0 Å². The quantitative estimate of drug-likeness (QED) is 0.305. The molecule has 0 unspecified atom stereocenters. The maximum Gasteiger partial charge on any atom is 0.332 e. The highest BCUT2D eigenvalue weighted by Crippen LogP contribution is 2.41. The molecule has 4 rings (SSSR count). The number of aromatic nitrogens is 2. The van der Waals surface area contributed by atoms with Crippen LogP contribution in [0.25, 0.3) is 5.70 Å². The summed E-state index contributed by atoms with van der Waals surface area (Å²) >= 11 is 7.61. The van der Waals surface area contributed by atoms with Gasteiger partial charge in [0.15, 0.2) is 5.82 Å². The summed E-state index contributed by atoms with van der Waals surface area (Å²) in [4.78, 5) is 35.6. The first-order valence-electron chi connectivity index (χ1n) is 10.9. The number of urea groups is 1. The van der Waals surface area contributed by atoms with Crippen LogP contribution in [-0.4, -0.2) is 41.9 Å². The normalized spacial score (nSPS) is 12.6. The first-order chi connectivity index (χ1) is 17.4. The van der Waals surface area contributed by atoms with Crippen molar-refractivity contribution in [2.75, 3.05) is 30.2 Å². The van der Waals surface area contributed by atoms with E-state index in [1.165, 1.54) is 30.1 Å². The fourth-order valence-corrected chi connectivity index (χ4v) is 4.73. The Labute approximate surface area is 217 Å². The Bertz CT molecular complexity index is 1350. The van der Waals surface area contributed by atoms with Gasteiger partial charge in [0.05, 0.1) is 36.2 Å². The van der Waals surface area contributed by atoms with Crippen LogP contribution in [0.15, 0.2) is 54.3 Å². The van der Waals surface area contributed by atoms with E-state index in [1.54, 1.807) is 31.4 Å². The van der Waals surface area contributed by atoms with Gasteiger partial charge in [-0.25, -0.2) is 19.7 Å². The third-order valence-corrected chi connectivity index (χ3v) is 6.76. The molecule has 0 saturated heterocycles. The Morgan fingerprint density at radius 1 is 1.19 bits per heavy atom. The van der Waals surface area contributed by atoms with Gasteiger partial charge in [-0.15, -0.1) is 0 Å². The number of benzene rings is 2. The van der Waals surface area contributed by atoms with Gasteiger partial charge in [0, 0.05) is 23.5 Å². The fourth-order valence-electron chi connectivity index (χ4n) is 3.71. The number of nitrogens with zero attached hydrogens (tertiary/aromatic N) is 3. The Balaban J connectivity index is 1.58. The summed E-state index contributed by atoms with van der Waals surface area (Å²) in [6.07, 6.45) is 2.16. The van der Waals surface area contributed by atoms with Gasteiger partial charge >= 0.3 is 6.03 Å². The summed E-state index contributed by atoms with van der Waals surface area (Å²) < 4.78 is 10.7. The van der Waals surface area contributed by atoms with Crippen LogP contribution in [0.1, 0.15) is 18.1 Å². The summed E-state index contributed by atoms with van der Waals surface area (Å²) in [6.45, 7) is 5.99. The van der Waals surface area contributed by atoms with Gasteiger partial charge in [-0.1, -0.05) is 42.9 Å². The van der Waals surface area contributed by atoms with Crippen molar-refractivity contribution < 1.29 is 19.1 Å².